The zero-order valence-corrected chi connectivity index (χ0v) is 9.56. The predicted molar refractivity (Wildman–Crippen MR) is 65.6 cm³/mol. The lowest BCUT2D eigenvalue weighted by Crippen LogP contribution is -1.92. The fraction of sp³-hybridized carbons (Fsp3) is 0.364. The Kier molecular flexibility index (Phi) is 5.74. The Morgan fingerprint density at radius 3 is 2.56 bits per heavy atom. The summed E-state index contributed by atoms with van der Waals surface area (Å²) in [5.41, 5.74) is 0.254. The molecule has 0 saturated carbocycles. The summed E-state index contributed by atoms with van der Waals surface area (Å²) in [5, 5.41) is 0.810. The fourth-order valence-electron chi connectivity index (χ4n) is 1.05. The van der Waals surface area contributed by atoms with Gasteiger partial charge in [0.1, 0.15) is 5.69 Å². The second-order valence-corrected chi connectivity index (χ2v) is 3.76. The van der Waals surface area contributed by atoms with E-state index in [0.29, 0.717) is 16.6 Å². The molecule has 2 aromatic rings. The van der Waals surface area contributed by atoms with Crippen molar-refractivity contribution in [3.8, 4) is 0 Å². The normalized spacial score (nSPS) is 9.00. The number of aryl methyl sites for hydroxylation is 1. The summed E-state index contributed by atoms with van der Waals surface area (Å²) in [6.07, 6.45) is 0.392. The van der Waals surface area contributed by atoms with Crippen molar-refractivity contribution in [3.05, 3.63) is 22.6 Å². The number of hydrogen-bond donors (Lipinski definition) is 0. The summed E-state index contributed by atoms with van der Waals surface area (Å²) in [7, 11) is 0. The summed E-state index contributed by atoms with van der Waals surface area (Å²) in [4.78, 5) is 18.2. The number of aldehydes is 1. The van der Waals surface area contributed by atoms with Crippen molar-refractivity contribution in [2.45, 2.75) is 28.2 Å². The molecule has 2 aromatic heterocycles. The summed E-state index contributed by atoms with van der Waals surface area (Å²) in [5.74, 6) is -0.592. The van der Waals surface area contributed by atoms with Crippen LogP contribution >= 0.6 is 11.3 Å². The van der Waals surface area contributed by atoms with Gasteiger partial charge in [-0.1, -0.05) is 21.3 Å². The number of pyridine rings is 1. The molecule has 0 aliphatic rings. The molecule has 0 spiro atoms. The van der Waals surface area contributed by atoms with E-state index in [1.807, 2.05) is 20.8 Å². The van der Waals surface area contributed by atoms with E-state index in [-0.39, 0.29) is 13.1 Å². The Balaban J connectivity index is 0.000000711. The molecule has 0 aromatic carbocycles. The van der Waals surface area contributed by atoms with E-state index >= 15 is 0 Å². The molecule has 0 fully saturated rings. The summed E-state index contributed by atoms with van der Waals surface area (Å²) >= 11 is 1.36. The standard InChI is InChI=1S/C8H5FN2OS.C2H6.CH4/c1-4-10-8-7(13-4)2-5(9)6(3-12)11-8;1-2;/h2-3H,1H3;1-2H3;1H4. The van der Waals surface area contributed by atoms with Gasteiger partial charge in [-0.3, -0.25) is 4.79 Å². The minimum atomic E-state index is -0.592. The molecule has 0 aliphatic heterocycles. The van der Waals surface area contributed by atoms with E-state index in [4.69, 9.17) is 0 Å². The SMILES string of the molecule is C.CC.Cc1nc2nc(C=O)c(F)cc2s1. The number of nitrogens with zero attached hydrogens (tertiary/aromatic N) is 2. The topological polar surface area (TPSA) is 42.9 Å². The molecule has 0 bridgehead atoms. The monoisotopic (exact) mass is 242 g/mol. The minimum absolute atomic E-state index is 0. The van der Waals surface area contributed by atoms with Crippen molar-refractivity contribution in [2.24, 2.45) is 0 Å². The second-order valence-electron chi connectivity index (χ2n) is 2.53. The zero-order valence-electron chi connectivity index (χ0n) is 8.74. The van der Waals surface area contributed by atoms with Gasteiger partial charge in [-0.05, 0) is 13.0 Å². The zero-order chi connectivity index (χ0) is 11.4. The first kappa shape index (κ1) is 14.6. The van der Waals surface area contributed by atoms with Crippen LogP contribution in [-0.4, -0.2) is 16.3 Å². The molecule has 0 aliphatic carbocycles. The van der Waals surface area contributed by atoms with Crippen LogP contribution in [0.2, 0.25) is 0 Å². The van der Waals surface area contributed by atoms with Crippen LogP contribution in [-0.2, 0) is 0 Å². The van der Waals surface area contributed by atoms with Crippen molar-refractivity contribution in [1.29, 1.82) is 0 Å². The molecule has 88 valence electrons. The highest BCUT2D eigenvalue weighted by Crippen LogP contribution is 2.21. The lowest BCUT2D eigenvalue weighted by molar-refractivity contribution is 0.111. The maximum Gasteiger partial charge on any atom is 0.171 e. The molecule has 3 nitrogen and oxygen atoms in total. The number of halogens is 1. The molecule has 0 amide bonds. The quantitative estimate of drug-likeness (QED) is 0.717. The molecular formula is C11H15FN2OS. The van der Waals surface area contributed by atoms with E-state index in [9.17, 15) is 9.18 Å². The van der Waals surface area contributed by atoms with Gasteiger partial charge in [0.25, 0.3) is 0 Å². The van der Waals surface area contributed by atoms with Gasteiger partial charge in [-0.25, -0.2) is 14.4 Å². The van der Waals surface area contributed by atoms with Gasteiger partial charge < -0.3 is 0 Å². The van der Waals surface area contributed by atoms with E-state index in [2.05, 4.69) is 9.97 Å². The van der Waals surface area contributed by atoms with Crippen LogP contribution in [0.5, 0.6) is 0 Å². The third kappa shape index (κ3) is 2.82. The largest absolute Gasteiger partial charge is 0.296 e. The average molecular weight is 242 g/mol. The Morgan fingerprint density at radius 2 is 2.00 bits per heavy atom. The van der Waals surface area contributed by atoms with Crippen LogP contribution in [0.4, 0.5) is 4.39 Å². The van der Waals surface area contributed by atoms with Crippen molar-refractivity contribution in [1.82, 2.24) is 9.97 Å². The van der Waals surface area contributed by atoms with Crippen molar-refractivity contribution in [2.75, 3.05) is 0 Å². The van der Waals surface area contributed by atoms with Crippen LogP contribution < -0.4 is 0 Å². The number of hydrogen-bond acceptors (Lipinski definition) is 4. The smallest absolute Gasteiger partial charge is 0.171 e. The van der Waals surface area contributed by atoms with Crippen molar-refractivity contribution in [3.63, 3.8) is 0 Å². The van der Waals surface area contributed by atoms with Crippen LogP contribution in [0.15, 0.2) is 6.07 Å². The summed E-state index contributed by atoms with van der Waals surface area (Å²) in [6.45, 7) is 5.81. The Bertz CT molecular complexity index is 482. The van der Waals surface area contributed by atoms with Gasteiger partial charge >= 0.3 is 0 Å². The first-order chi connectivity index (χ1) is 7.20. The number of thiazole rings is 1. The van der Waals surface area contributed by atoms with Crippen LogP contribution in [0, 0.1) is 12.7 Å². The molecule has 2 rings (SSSR count). The number of fused-ring (bicyclic) bond motifs is 1. The Labute approximate surface area is 98.4 Å². The van der Waals surface area contributed by atoms with Crippen molar-refractivity contribution >= 4 is 28.0 Å². The second kappa shape index (κ2) is 6.27. The van der Waals surface area contributed by atoms with E-state index < -0.39 is 5.82 Å². The Hall–Kier alpha value is -1.36. The first-order valence-corrected chi connectivity index (χ1v) is 5.41. The number of aromatic nitrogens is 2. The first-order valence-electron chi connectivity index (χ1n) is 4.59. The van der Waals surface area contributed by atoms with Gasteiger partial charge in [-0.15, -0.1) is 11.3 Å². The third-order valence-corrected chi connectivity index (χ3v) is 2.49. The molecule has 0 atom stereocenters. The maximum atomic E-state index is 13.0. The molecule has 2 heterocycles. The number of carbonyl (C=O) groups excluding carboxylic acids is 1. The molecule has 0 radical (unpaired) electrons. The van der Waals surface area contributed by atoms with Gasteiger partial charge in [0.15, 0.2) is 17.8 Å². The molecule has 16 heavy (non-hydrogen) atoms. The van der Waals surface area contributed by atoms with Gasteiger partial charge in [0.2, 0.25) is 0 Å². The highest BCUT2D eigenvalue weighted by molar-refractivity contribution is 7.18. The van der Waals surface area contributed by atoms with Crippen LogP contribution in [0.3, 0.4) is 0 Å². The highest BCUT2D eigenvalue weighted by Gasteiger charge is 2.08. The van der Waals surface area contributed by atoms with Gasteiger partial charge in [-0.2, -0.15) is 0 Å². The molecule has 0 saturated heterocycles. The van der Waals surface area contributed by atoms with E-state index in [1.165, 1.54) is 17.4 Å². The summed E-state index contributed by atoms with van der Waals surface area (Å²) < 4.78 is 13.7. The molecular weight excluding hydrogens is 227 g/mol. The third-order valence-electron chi connectivity index (χ3n) is 1.58. The van der Waals surface area contributed by atoms with Gasteiger partial charge in [0.05, 0.1) is 9.71 Å². The molecule has 0 unspecified atom stereocenters. The maximum absolute atomic E-state index is 13.0. The molecule has 0 N–H and O–H groups in total. The highest BCUT2D eigenvalue weighted by atomic mass is 32.1. The number of rotatable bonds is 1. The molecule has 5 heteroatoms. The van der Waals surface area contributed by atoms with Crippen LogP contribution in [0.25, 0.3) is 10.3 Å². The van der Waals surface area contributed by atoms with Gasteiger partial charge in [0, 0.05) is 0 Å². The number of carbonyl (C=O) groups is 1. The predicted octanol–water partition coefficient (Wildman–Crippen LogP) is 3.61. The fourth-order valence-corrected chi connectivity index (χ4v) is 1.84. The minimum Gasteiger partial charge on any atom is -0.296 e. The average Bonchev–Trinajstić information content (AvgIpc) is 2.59. The Morgan fingerprint density at radius 1 is 1.38 bits per heavy atom. The summed E-state index contributed by atoms with van der Waals surface area (Å²) in [6, 6.07) is 1.29. The van der Waals surface area contributed by atoms with E-state index in [1.54, 1.807) is 0 Å². The lowest BCUT2D eigenvalue weighted by Gasteiger charge is -1.91. The lowest BCUT2D eigenvalue weighted by atomic mass is 10.3. The van der Waals surface area contributed by atoms with E-state index in [0.717, 1.165) is 5.01 Å². The van der Waals surface area contributed by atoms with Crippen LogP contribution in [0.1, 0.15) is 36.8 Å². The van der Waals surface area contributed by atoms with Crippen molar-refractivity contribution < 1.29 is 9.18 Å².